The lowest BCUT2D eigenvalue weighted by atomic mass is 10.0. The first-order valence-corrected chi connectivity index (χ1v) is 10.9. The van der Waals surface area contributed by atoms with Crippen molar-refractivity contribution in [3.05, 3.63) is 58.7 Å². The molecule has 0 fully saturated rings. The first kappa shape index (κ1) is 22.1. The van der Waals surface area contributed by atoms with Gasteiger partial charge >= 0.3 is 0 Å². The van der Waals surface area contributed by atoms with Crippen molar-refractivity contribution in [2.75, 3.05) is 5.32 Å². The predicted molar refractivity (Wildman–Crippen MR) is 114 cm³/mol. The molecule has 0 unspecified atom stereocenters. The molecule has 28 heavy (non-hydrogen) atoms. The second-order valence-electron chi connectivity index (χ2n) is 8.32. The fourth-order valence-electron chi connectivity index (χ4n) is 3.13. The van der Waals surface area contributed by atoms with E-state index in [9.17, 15) is 13.2 Å². The van der Waals surface area contributed by atoms with Crippen LogP contribution in [-0.4, -0.2) is 19.9 Å². The highest BCUT2D eigenvalue weighted by atomic mass is 32.2. The third-order valence-corrected chi connectivity index (χ3v) is 6.03. The van der Waals surface area contributed by atoms with Gasteiger partial charge in [0.2, 0.25) is 15.9 Å². The van der Waals surface area contributed by atoms with E-state index in [4.69, 9.17) is 0 Å². The summed E-state index contributed by atoms with van der Waals surface area (Å²) in [5.74, 6) is -0.0545. The molecule has 0 atom stereocenters. The zero-order chi connectivity index (χ0) is 21.1. The quantitative estimate of drug-likeness (QED) is 0.758. The number of nitrogens with one attached hydrogen (secondary N) is 2. The van der Waals surface area contributed by atoms with Gasteiger partial charge in [0.1, 0.15) is 0 Å². The van der Waals surface area contributed by atoms with Crippen LogP contribution in [-0.2, 0) is 21.2 Å². The van der Waals surface area contributed by atoms with E-state index >= 15 is 0 Å². The number of aryl methyl sites for hydroxylation is 4. The number of carbonyl (C=O) groups is 1. The van der Waals surface area contributed by atoms with Gasteiger partial charge in [-0.15, -0.1) is 0 Å². The summed E-state index contributed by atoms with van der Waals surface area (Å²) >= 11 is 0. The largest absolute Gasteiger partial charge is 0.326 e. The van der Waals surface area contributed by atoms with E-state index in [0.29, 0.717) is 12.8 Å². The normalized spacial score (nSPS) is 12.1. The summed E-state index contributed by atoms with van der Waals surface area (Å²) in [6.45, 7) is 11.4. The van der Waals surface area contributed by atoms with Gasteiger partial charge in [0.05, 0.1) is 4.90 Å². The Labute approximate surface area is 168 Å². The summed E-state index contributed by atoms with van der Waals surface area (Å²) in [5, 5.41) is 2.99. The van der Waals surface area contributed by atoms with Gasteiger partial charge in [0.25, 0.3) is 0 Å². The highest BCUT2D eigenvalue weighted by Gasteiger charge is 2.21. The van der Waals surface area contributed by atoms with E-state index in [2.05, 4.69) is 10.0 Å². The van der Waals surface area contributed by atoms with E-state index in [0.717, 1.165) is 22.4 Å². The Morgan fingerprint density at radius 1 is 0.964 bits per heavy atom. The maximum atomic E-state index is 12.3. The lowest BCUT2D eigenvalue weighted by Crippen LogP contribution is -2.40. The molecule has 0 saturated heterocycles. The number of carbonyl (C=O) groups excluding carboxylic acids is 1. The van der Waals surface area contributed by atoms with Gasteiger partial charge in [0.15, 0.2) is 0 Å². The van der Waals surface area contributed by atoms with Crippen LogP contribution in [0.3, 0.4) is 0 Å². The van der Waals surface area contributed by atoms with Gasteiger partial charge in [-0.25, -0.2) is 13.1 Å². The predicted octanol–water partition coefficient (Wildman–Crippen LogP) is 4.26. The smallest absolute Gasteiger partial charge is 0.241 e. The van der Waals surface area contributed by atoms with E-state index < -0.39 is 15.6 Å². The summed E-state index contributed by atoms with van der Waals surface area (Å²) in [4.78, 5) is 12.6. The molecule has 0 aliphatic carbocycles. The Balaban J connectivity index is 1.99. The molecule has 1 amide bonds. The Bertz CT molecular complexity index is 933. The molecular formula is C22H30N2O3S. The minimum Gasteiger partial charge on any atom is -0.326 e. The van der Waals surface area contributed by atoms with Gasteiger partial charge in [0, 0.05) is 17.6 Å². The minimum atomic E-state index is -3.55. The lowest BCUT2D eigenvalue weighted by molar-refractivity contribution is -0.116. The zero-order valence-electron chi connectivity index (χ0n) is 17.5. The van der Waals surface area contributed by atoms with Crippen molar-refractivity contribution >= 4 is 21.6 Å². The number of anilines is 1. The van der Waals surface area contributed by atoms with Crippen molar-refractivity contribution in [1.82, 2.24) is 4.72 Å². The van der Waals surface area contributed by atoms with Crippen LogP contribution in [0.15, 0.2) is 41.3 Å². The van der Waals surface area contributed by atoms with Gasteiger partial charge in [-0.05, 0) is 76.8 Å². The number of benzene rings is 2. The summed E-state index contributed by atoms with van der Waals surface area (Å²) in [6, 6.07) is 10.8. The first-order valence-electron chi connectivity index (χ1n) is 9.38. The molecule has 2 N–H and O–H groups in total. The molecule has 0 aliphatic heterocycles. The Kier molecular flexibility index (Phi) is 6.67. The molecule has 5 nitrogen and oxygen atoms in total. The SMILES string of the molecule is Cc1cc(C)c(NC(=O)CCc2ccc(S(=O)(=O)NC(C)(C)C)cc2)c(C)c1. The average Bonchev–Trinajstić information content (AvgIpc) is 2.54. The highest BCUT2D eigenvalue weighted by molar-refractivity contribution is 7.89. The Morgan fingerprint density at radius 3 is 2.00 bits per heavy atom. The van der Waals surface area contributed by atoms with Crippen LogP contribution in [0, 0.1) is 20.8 Å². The van der Waals surface area contributed by atoms with Crippen LogP contribution in [0.2, 0.25) is 0 Å². The first-order chi connectivity index (χ1) is 12.9. The van der Waals surface area contributed by atoms with Crippen LogP contribution in [0.1, 0.15) is 49.4 Å². The molecule has 2 aromatic carbocycles. The zero-order valence-corrected chi connectivity index (χ0v) is 18.3. The van der Waals surface area contributed by atoms with Crippen LogP contribution in [0.25, 0.3) is 0 Å². The highest BCUT2D eigenvalue weighted by Crippen LogP contribution is 2.22. The number of hydrogen-bond acceptors (Lipinski definition) is 3. The number of rotatable bonds is 6. The van der Waals surface area contributed by atoms with Crippen LogP contribution >= 0.6 is 0 Å². The molecule has 0 bridgehead atoms. The third-order valence-electron chi connectivity index (χ3n) is 4.26. The minimum absolute atomic E-state index is 0.0545. The average molecular weight is 403 g/mol. The van der Waals surface area contributed by atoms with Crippen molar-refractivity contribution in [3.63, 3.8) is 0 Å². The molecule has 6 heteroatoms. The molecule has 0 aliphatic rings. The number of sulfonamides is 1. The van der Waals surface area contributed by atoms with Crippen molar-refractivity contribution < 1.29 is 13.2 Å². The van der Waals surface area contributed by atoms with Crippen LogP contribution in [0.4, 0.5) is 5.69 Å². The maximum Gasteiger partial charge on any atom is 0.241 e. The summed E-state index contributed by atoms with van der Waals surface area (Å²) in [7, 11) is -3.55. The van der Waals surface area contributed by atoms with E-state index in [1.54, 1.807) is 45.0 Å². The van der Waals surface area contributed by atoms with Crippen molar-refractivity contribution in [2.45, 2.75) is 64.8 Å². The Hall–Kier alpha value is -2.18. The maximum absolute atomic E-state index is 12.3. The third kappa shape index (κ3) is 6.17. The molecular weight excluding hydrogens is 372 g/mol. The van der Waals surface area contributed by atoms with Gasteiger partial charge in [-0.3, -0.25) is 4.79 Å². The lowest BCUT2D eigenvalue weighted by Gasteiger charge is -2.20. The summed E-state index contributed by atoms with van der Waals surface area (Å²) in [5.41, 5.74) is 4.51. The summed E-state index contributed by atoms with van der Waals surface area (Å²) in [6.07, 6.45) is 0.877. The van der Waals surface area contributed by atoms with Crippen molar-refractivity contribution in [3.8, 4) is 0 Å². The van der Waals surface area contributed by atoms with E-state index in [1.165, 1.54) is 5.56 Å². The fourth-order valence-corrected chi connectivity index (χ4v) is 4.55. The fraction of sp³-hybridized carbons (Fsp3) is 0.409. The second kappa shape index (κ2) is 8.45. The number of hydrogen-bond donors (Lipinski definition) is 2. The topological polar surface area (TPSA) is 75.3 Å². The Morgan fingerprint density at radius 2 is 1.50 bits per heavy atom. The molecule has 2 aromatic rings. The van der Waals surface area contributed by atoms with Crippen LogP contribution < -0.4 is 10.0 Å². The molecule has 0 heterocycles. The standard InChI is InChI=1S/C22H30N2O3S/c1-15-13-16(2)21(17(3)14-15)23-20(25)12-9-18-7-10-19(11-8-18)28(26,27)24-22(4,5)6/h7-8,10-11,13-14,24H,9,12H2,1-6H3,(H,23,25). The monoisotopic (exact) mass is 402 g/mol. The van der Waals surface area contributed by atoms with Crippen LogP contribution in [0.5, 0.6) is 0 Å². The molecule has 0 saturated carbocycles. The van der Waals surface area contributed by atoms with Gasteiger partial charge < -0.3 is 5.32 Å². The van der Waals surface area contributed by atoms with Gasteiger partial charge in [-0.1, -0.05) is 29.8 Å². The number of amides is 1. The molecule has 0 radical (unpaired) electrons. The molecule has 0 aromatic heterocycles. The van der Waals surface area contributed by atoms with E-state index in [1.807, 2.05) is 32.9 Å². The van der Waals surface area contributed by atoms with Crippen molar-refractivity contribution in [2.24, 2.45) is 0 Å². The second-order valence-corrected chi connectivity index (χ2v) is 10.0. The van der Waals surface area contributed by atoms with E-state index in [-0.39, 0.29) is 10.8 Å². The van der Waals surface area contributed by atoms with Gasteiger partial charge in [-0.2, -0.15) is 0 Å². The van der Waals surface area contributed by atoms with Crippen molar-refractivity contribution in [1.29, 1.82) is 0 Å². The summed E-state index contributed by atoms with van der Waals surface area (Å²) < 4.78 is 27.3. The molecule has 152 valence electrons. The molecule has 0 spiro atoms. The molecule has 2 rings (SSSR count).